The van der Waals surface area contributed by atoms with Crippen molar-refractivity contribution < 1.29 is 34.0 Å². The number of rotatable bonds is 12. The molecule has 1 unspecified atom stereocenters. The van der Waals surface area contributed by atoms with Gasteiger partial charge in [0.15, 0.2) is 11.5 Å². The van der Waals surface area contributed by atoms with Gasteiger partial charge in [0.2, 0.25) is 0 Å². The van der Waals surface area contributed by atoms with Gasteiger partial charge in [-0.1, -0.05) is 36.4 Å². The number of phenolic OH excluding ortho intramolecular Hbond substituents is 1. The van der Waals surface area contributed by atoms with Crippen molar-refractivity contribution in [3.05, 3.63) is 83.9 Å². The van der Waals surface area contributed by atoms with Gasteiger partial charge in [-0.15, -0.1) is 0 Å². The smallest absolute Gasteiger partial charge is 0.411 e. The van der Waals surface area contributed by atoms with Crippen LogP contribution in [0, 0.1) is 0 Å². The van der Waals surface area contributed by atoms with Crippen molar-refractivity contribution in [3.8, 4) is 11.5 Å². The molecule has 38 heavy (non-hydrogen) atoms. The van der Waals surface area contributed by atoms with Crippen molar-refractivity contribution in [2.45, 2.75) is 18.4 Å². The standard InChI is InChI=1S/C28H33N3O7/c1-36-27(34)30-21-11-7-19(8-12-21)24(20-9-13-22(14-10-20)31-28(35)37-2)15-16-29-17-23(32)18-38-26-6-4-3-5-25(26)33/h3-14,23-24,29,32-33H,15-18H2,1-2H3,(H,30,34)(H,31,35). The van der Waals surface area contributed by atoms with Crippen LogP contribution in [0.3, 0.4) is 0 Å². The average Bonchev–Trinajstić information content (AvgIpc) is 2.93. The molecule has 0 heterocycles. The number of anilines is 2. The number of hydrogen-bond donors (Lipinski definition) is 5. The van der Waals surface area contributed by atoms with Crippen LogP contribution in [-0.2, 0) is 9.47 Å². The first kappa shape index (κ1) is 28.3. The number of hydrogen-bond acceptors (Lipinski definition) is 8. The summed E-state index contributed by atoms with van der Waals surface area (Å²) in [5.41, 5.74) is 3.28. The lowest BCUT2D eigenvalue weighted by molar-refractivity contribution is 0.105. The molecule has 202 valence electrons. The first-order valence-corrected chi connectivity index (χ1v) is 12.1. The second-order valence-corrected chi connectivity index (χ2v) is 8.46. The minimum absolute atomic E-state index is 0.00323. The molecule has 0 bridgehead atoms. The van der Waals surface area contributed by atoms with Crippen LogP contribution in [0.5, 0.6) is 11.5 Å². The monoisotopic (exact) mass is 523 g/mol. The number of methoxy groups -OCH3 is 2. The van der Waals surface area contributed by atoms with E-state index >= 15 is 0 Å². The lowest BCUT2D eigenvalue weighted by atomic mass is 9.88. The van der Waals surface area contributed by atoms with Gasteiger partial charge in [-0.2, -0.15) is 0 Å². The Morgan fingerprint density at radius 1 is 0.816 bits per heavy atom. The van der Waals surface area contributed by atoms with E-state index in [0.29, 0.717) is 36.6 Å². The molecule has 0 saturated carbocycles. The van der Waals surface area contributed by atoms with E-state index in [1.54, 1.807) is 42.5 Å². The van der Waals surface area contributed by atoms with E-state index in [0.717, 1.165) is 11.1 Å². The van der Waals surface area contributed by atoms with E-state index in [1.165, 1.54) is 20.3 Å². The van der Waals surface area contributed by atoms with Crippen molar-refractivity contribution in [3.63, 3.8) is 0 Å². The zero-order valence-corrected chi connectivity index (χ0v) is 21.3. The maximum atomic E-state index is 11.5. The molecule has 3 aromatic rings. The predicted molar refractivity (Wildman–Crippen MR) is 144 cm³/mol. The summed E-state index contributed by atoms with van der Waals surface area (Å²) in [5.74, 6) is 0.342. The minimum Gasteiger partial charge on any atom is -0.504 e. The Hall–Kier alpha value is -4.28. The normalized spacial score (nSPS) is 11.5. The number of aromatic hydroxyl groups is 1. The summed E-state index contributed by atoms with van der Waals surface area (Å²) in [7, 11) is 2.61. The number of phenols is 1. The van der Waals surface area contributed by atoms with Gasteiger partial charge >= 0.3 is 12.2 Å². The Morgan fingerprint density at radius 3 is 1.84 bits per heavy atom. The third-order valence-electron chi connectivity index (χ3n) is 5.78. The Labute approximate surface area is 221 Å². The number of nitrogens with one attached hydrogen (secondary N) is 3. The Morgan fingerprint density at radius 2 is 1.34 bits per heavy atom. The largest absolute Gasteiger partial charge is 0.504 e. The number of para-hydroxylation sites is 2. The molecule has 10 nitrogen and oxygen atoms in total. The second-order valence-electron chi connectivity index (χ2n) is 8.46. The van der Waals surface area contributed by atoms with Crippen LogP contribution >= 0.6 is 0 Å². The molecule has 1 atom stereocenters. The third kappa shape index (κ3) is 8.68. The highest BCUT2D eigenvalue weighted by atomic mass is 16.5. The lowest BCUT2D eigenvalue weighted by Crippen LogP contribution is -2.32. The molecule has 5 N–H and O–H groups in total. The van der Waals surface area contributed by atoms with Crippen molar-refractivity contribution >= 4 is 23.6 Å². The fourth-order valence-electron chi connectivity index (χ4n) is 3.80. The molecular weight excluding hydrogens is 490 g/mol. The maximum absolute atomic E-state index is 11.5. The highest BCUT2D eigenvalue weighted by Gasteiger charge is 2.16. The number of aliphatic hydroxyl groups is 1. The first-order chi connectivity index (χ1) is 18.4. The van der Waals surface area contributed by atoms with Crippen molar-refractivity contribution in [1.82, 2.24) is 5.32 Å². The molecule has 0 fully saturated rings. The molecular formula is C28H33N3O7. The fraction of sp³-hybridized carbons (Fsp3) is 0.286. The first-order valence-electron chi connectivity index (χ1n) is 12.1. The van der Waals surface area contributed by atoms with E-state index in [2.05, 4.69) is 25.4 Å². The third-order valence-corrected chi connectivity index (χ3v) is 5.78. The van der Waals surface area contributed by atoms with Gasteiger partial charge in [0.05, 0.1) is 14.2 Å². The van der Waals surface area contributed by atoms with Crippen molar-refractivity contribution in [2.24, 2.45) is 0 Å². The second kappa shape index (κ2) is 14.5. The number of carbonyl (C=O) groups excluding carboxylic acids is 2. The minimum atomic E-state index is -0.764. The Balaban J connectivity index is 1.62. The SMILES string of the molecule is COC(=O)Nc1ccc(C(CCNCC(O)COc2ccccc2O)c2ccc(NC(=O)OC)cc2)cc1. The van der Waals surface area contributed by atoms with Gasteiger partial charge in [-0.3, -0.25) is 10.6 Å². The number of ether oxygens (including phenoxy) is 3. The van der Waals surface area contributed by atoms with E-state index in [-0.39, 0.29) is 18.3 Å². The number of benzene rings is 3. The summed E-state index contributed by atoms with van der Waals surface area (Å²) in [5, 5.41) is 28.6. The van der Waals surface area contributed by atoms with Gasteiger partial charge < -0.3 is 29.7 Å². The van der Waals surface area contributed by atoms with Crippen LogP contribution < -0.4 is 20.7 Å². The fourth-order valence-corrected chi connectivity index (χ4v) is 3.80. The zero-order chi connectivity index (χ0) is 27.3. The summed E-state index contributed by atoms with van der Waals surface area (Å²) in [6.07, 6.45) is -1.14. The molecule has 0 aliphatic rings. The predicted octanol–water partition coefficient (Wildman–Crippen LogP) is 4.30. The van der Waals surface area contributed by atoms with Crippen molar-refractivity contribution in [1.29, 1.82) is 0 Å². The quantitative estimate of drug-likeness (QED) is 0.222. The Kier molecular flexibility index (Phi) is 10.8. The topological polar surface area (TPSA) is 138 Å². The highest BCUT2D eigenvalue weighted by Crippen LogP contribution is 2.30. The molecule has 0 radical (unpaired) electrons. The summed E-state index contributed by atoms with van der Waals surface area (Å²) < 4.78 is 14.8. The van der Waals surface area contributed by atoms with Crippen LogP contribution in [0.4, 0.5) is 21.0 Å². The van der Waals surface area contributed by atoms with E-state index in [9.17, 15) is 19.8 Å². The number of amides is 2. The van der Waals surface area contributed by atoms with Crippen molar-refractivity contribution in [2.75, 3.05) is 44.5 Å². The summed E-state index contributed by atoms with van der Waals surface area (Å²) in [6.45, 7) is 0.949. The van der Waals surface area contributed by atoms with Gasteiger partial charge in [-0.25, -0.2) is 9.59 Å². The zero-order valence-electron chi connectivity index (χ0n) is 21.3. The van der Waals surface area contributed by atoms with Gasteiger partial charge in [0, 0.05) is 23.8 Å². The van der Waals surface area contributed by atoms with Gasteiger partial charge in [-0.05, 0) is 60.5 Å². The van der Waals surface area contributed by atoms with Crippen LogP contribution in [0.15, 0.2) is 72.8 Å². The molecule has 0 aliphatic heterocycles. The molecule has 0 aliphatic carbocycles. The van der Waals surface area contributed by atoms with E-state index in [1.807, 2.05) is 24.3 Å². The summed E-state index contributed by atoms with van der Waals surface area (Å²) in [4.78, 5) is 23.0. The molecule has 2 amide bonds. The molecule has 10 heteroatoms. The number of aliphatic hydroxyl groups excluding tert-OH is 1. The summed E-state index contributed by atoms with van der Waals surface area (Å²) >= 11 is 0. The molecule has 3 aromatic carbocycles. The average molecular weight is 524 g/mol. The van der Waals surface area contributed by atoms with Crippen LogP contribution in [0.25, 0.3) is 0 Å². The number of carbonyl (C=O) groups is 2. The van der Waals surface area contributed by atoms with E-state index < -0.39 is 18.3 Å². The maximum Gasteiger partial charge on any atom is 0.411 e. The lowest BCUT2D eigenvalue weighted by Gasteiger charge is -2.20. The molecule has 0 saturated heterocycles. The van der Waals surface area contributed by atoms with Crippen LogP contribution in [0.2, 0.25) is 0 Å². The molecule has 0 spiro atoms. The van der Waals surface area contributed by atoms with Gasteiger partial charge in [0.25, 0.3) is 0 Å². The summed E-state index contributed by atoms with van der Waals surface area (Å²) in [6, 6.07) is 21.6. The molecule has 0 aromatic heterocycles. The van der Waals surface area contributed by atoms with Crippen LogP contribution in [0.1, 0.15) is 23.5 Å². The van der Waals surface area contributed by atoms with Crippen LogP contribution in [-0.4, -0.2) is 62.4 Å². The van der Waals surface area contributed by atoms with Gasteiger partial charge in [0.1, 0.15) is 12.7 Å². The molecule has 3 rings (SSSR count). The Bertz CT molecular complexity index is 1110. The highest BCUT2D eigenvalue weighted by molar-refractivity contribution is 5.85. The van der Waals surface area contributed by atoms with E-state index in [4.69, 9.17) is 4.74 Å².